The molecule has 0 spiro atoms. The van der Waals surface area contributed by atoms with Gasteiger partial charge >= 0.3 is 0 Å². The van der Waals surface area contributed by atoms with E-state index in [-0.39, 0.29) is 18.8 Å². The van der Waals surface area contributed by atoms with Gasteiger partial charge in [-0.15, -0.1) is 0 Å². The molecule has 0 saturated carbocycles. The molecule has 6 heteroatoms. The average Bonchev–Trinajstić information content (AvgIpc) is 2.27. The highest BCUT2D eigenvalue weighted by atomic mass is 35.5. The van der Waals surface area contributed by atoms with Gasteiger partial charge in [0.15, 0.2) is 6.04 Å². The minimum Gasteiger partial charge on any atom is -1.00 e. The van der Waals surface area contributed by atoms with Gasteiger partial charge in [-0.25, -0.2) is 0 Å². The van der Waals surface area contributed by atoms with Crippen LogP contribution in [0.4, 0.5) is 0 Å². The molecular weight excluding hydrogens is 280 g/mol. The molecule has 1 aromatic rings. The number of carbonyl (C=O) groups is 2. The van der Waals surface area contributed by atoms with Gasteiger partial charge in [0.05, 0.1) is 12.0 Å². The number of carbonyl (C=O) groups excluding carboxylic acids is 2. The van der Waals surface area contributed by atoms with Crippen molar-refractivity contribution in [1.29, 1.82) is 0 Å². The molecule has 5 N–H and O–H groups in total. The van der Waals surface area contributed by atoms with Crippen molar-refractivity contribution in [2.45, 2.75) is 38.3 Å². The average molecular weight is 301 g/mol. The van der Waals surface area contributed by atoms with Crippen molar-refractivity contribution < 1.29 is 32.8 Å². The summed E-state index contributed by atoms with van der Waals surface area (Å²) in [6.07, 6.45) is 0.360. The summed E-state index contributed by atoms with van der Waals surface area (Å²) in [6, 6.07) is 8.95. The Bertz CT molecular complexity index is 443. The number of rotatable bonds is 5. The first-order chi connectivity index (χ1) is 8.78. The molecule has 5 nitrogen and oxygen atoms in total. The summed E-state index contributed by atoms with van der Waals surface area (Å²) < 4.78 is 0. The van der Waals surface area contributed by atoms with Crippen molar-refractivity contribution in [2.24, 2.45) is 0 Å². The molecule has 0 aromatic heterocycles. The van der Waals surface area contributed by atoms with Crippen molar-refractivity contribution in [3.05, 3.63) is 35.9 Å². The molecule has 0 heterocycles. The van der Waals surface area contributed by atoms with E-state index in [4.69, 9.17) is 0 Å². The first-order valence-corrected chi connectivity index (χ1v) is 6.21. The maximum atomic E-state index is 11.8. The highest BCUT2D eigenvalue weighted by Crippen LogP contribution is 2.06. The molecule has 0 saturated heterocycles. The van der Waals surface area contributed by atoms with Crippen LogP contribution in [0.25, 0.3) is 0 Å². The fraction of sp³-hybridized carbons (Fsp3) is 0.429. The molecule has 1 rings (SSSR count). The molecule has 20 heavy (non-hydrogen) atoms. The van der Waals surface area contributed by atoms with Crippen molar-refractivity contribution in [2.75, 3.05) is 0 Å². The Morgan fingerprint density at radius 1 is 1.30 bits per heavy atom. The largest absolute Gasteiger partial charge is 1.00 e. The molecule has 0 radical (unpaired) electrons. The number of nitrogens with one attached hydrogen (secondary N) is 1. The van der Waals surface area contributed by atoms with Crippen molar-refractivity contribution in [1.82, 2.24) is 5.32 Å². The first-order valence-electron chi connectivity index (χ1n) is 6.21. The molecule has 1 atom stereocenters. The predicted octanol–water partition coefficient (Wildman–Crippen LogP) is -3.35. The highest BCUT2D eigenvalue weighted by Gasteiger charge is 2.23. The summed E-state index contributed by atoms with van der Waals surface area (Å²) in [7, 11) is 0. The number of amides is 2. The molecule has 112 valence electrons. The van der Waals surface area contributed by atoms with Gasteiger partial charge in [0.1, 0.15) is 0 Å². The third-order valence-electron chi connectivity index (χ3n) is 2.55. The van der Waals surface area contributed by atoms with E-state index in [2.05, 4.69) is 11.1 Å². The number of quaternary nitrogens is 1. The van der Waals surface area contributed by atoms with E-state index in [1.807, 2.05) is 30.3 Å². The van der Waals surface area contributed by atoms with E-state index in [1.165, 1.54) is 13.8 Å². The molecule has 0 fully saturated rings. The van der Waals surface area contributed by atoms with Crippen LogP contribution in [0.15, 0.2) is 30.3 Å². The Hall–Kier alpha value is -1.43. The van der Waals surface area contributed by atoms with Gasteiger partial charge in [0.25, 0.3) is 5.91 Å². The molecule has 2 amide bonds. The Morgan fingerprint density at radius 3 is 2.35 bits per heavy atom. The second-order valence-electron chi connectivity index (χ2n) is 5.29. The lowest BCUT2D eigenvalue weighted by atomic mass is 10.0. The summed E-state index contributed by atoms with van der Waals surface area (Å²) in [5.41, 5.74) is 3.62. The Morgan fingerprint density at radius 2 is 1.85 bits per heavy atom. The predicted molar refractivity (Wildman–Crippen MR) is 70.9 cm³/mol. The topological polar surface area (TPSA) is 94.0 Å². The van der Waals surface area contributed by atoms with Gasteiger partial charge in [-0.1, -0.05) is 30.3 Å². The number of imide groups is 1. The van der Waals surface area contributed by atoms with Crippen LogP contribution in [0.3, 0.4) is 0 Å². The van der Waals surface area contributed by atoms with Gasteiger partial charge in [-0.2, -0.15) is 0 Å². The summed E-state index contributed by atoms with van der Waals surface area (Å²) in [4.78, 5) is 23.3. The standard InChI is InChI=1S/C14H20N2O3.ClH/c1-14(2,19)9-12(17)16-13(18)11(15)8-10-6-4-3-5-7-10;/h3-7,11,19H,8-9,15H2,1-2H3,(H,16,17,18);1H/t11-;/m0./s1. The van der Waals surface area contributed by atoms with Crippen LogP contribution in [0.1, 0.15) is 25.8 Å². The van der Waals surface area contributed by atoms with Crippen LogP contribution in [0, 0.1) is 0 Å². The Labute approximate surface area is 125 Å². The highest BCUT2D eigenvalue weighted by molar-refractivity contribution is 5.97. The third kappa shape index (κ3) is 7.23. The zero-order valence-corrected chi connectivity index (χ0v) is 12.5. The van der Waals surface area contributed by atoms with Gasteiger partial charge in [-0.3, -0.25) is 14.9 Å². The first kappa shape index (κ1) is 18.6. The molecule has 0 bridgehead atoms. The molecule has 0 aliphatic heterocycles. The minimum atomic E-state index is -1.12. The monoisotopic (exact) mass is 300 g/mol. The van der Waals surface area contributed by atoms with Crippen LogP contribution >= 0.6 is 0 Å². The molecule has 1 aromatic carbocycles. The quantitative estimate of drug-likeness (QED) is 0.530. The second-order valence-corrected chi connectivity index (χ2v) is 5.29. The van der Waals surface area contributed by atoms with Crippen molar-refractivity contribution in [3.8, 4) is 0 Å². The van der Waals surface area contributed by atoms with E-state index >= 15 is 0 Å². The summed E-state index contributed by atoms with van der Waals surface area (Å²) >= 11 is 0. The van der Waals surface area contributed by atoms with Gasteiger partial charge in [-0.05, 0) is 19.4 Å². The van der Waals surface area contributed by atoms with Crippen molar-refractivity contribution in [3.63, 3.8) is 0 Å². The molecule has 0 aliphatic carbocycles. The smallest absolute Gasteiger partial charge is 0.285 e. The van der Waals surface area contributed by atoms with E-state index in [0.717, 1.165) is 5.56 Å². The van der Waals surface area contributed by atoms with Crippen LogP contribution in [-0.4, -0.2) is 28.6 Å². The number of halogens is 1. The SMILES string of the molecule is CC(C)(O)CC(=O)NC(=O)[C@@H]([NH3+])Cc1ccccc1.[Cl-]. The number of hydrogen-bond acceptors (Lipinski definition) is 3. The normalized spacial score (nSPS) is 12.2. The lowest BCUT2D eigenvalue weighted by molar-refractivity contribution is -0.403. The fourth-order valence-corrected chi connectivity index (χ4v) is 1.67. The zero-order chi connectivity index (χ0) is 14.5. The summed E-state index contributed by atoms with van der Waals surface area (Å²) in [5, 5.41) is 11.7. The fourth-order valence-electron chi connectivity index (χ4n) is 1.67. The van der Waals surface area contributed by atoms with E-state index in [0.29, 0.717) is 6.42 Å². The van der Waals surface area contributed by atoms with Crippen molar-refractivity contribution >= 4 is 11.8 Å². The maximum absolute atomic E-state index is 11.8. The Balaban J connectivity index is 0.00000361. The van der Waals surface area contributed by atoms with Gasteiger partial charge in [0.2, 0.25) is 5.91 Å². The van der Waals surface area contributed by atoms with Gasteiger partial charge < -0.3 is 23.2 Å². The van der Waals surface area contributed by atoms with Crippen LogP contribution < -0.4 is 23.5 Å². The van der Waals surface area contributed by atoms with E-state index in [1.54, 1.807) is 0 Å². The second kappa shape index (κ2) is 7.99. The minimum absolute atomic E-state index is 0. The zero-order valence-electron chi connectivity index (χ0n) is 11.7. The molecular formula is C14H21ClN2O3. The van der Waals surface area contributed by atoms with E-state index < -0.39 is 23.5 Å². The molecule has 0 aliphatic rings. The van der Waals surface area contributed by atoms with E-state index in [9.17, 15) is 14.7 Å². The van der Waals surface area contributed by atoms with Crippen LogP contribution in [0.2, 0.25) is 0 Å². The lowest BCUT2D eigenvalue weighted by Gasteiger charge is -2.16. The lowest BCUT2D eigenvalue weighted by Crippen LogP contribution is -3.00. The summed E-state index contributed by atoms with van der Waals surface area (Å²) in [5.74, 6) is -0.905. The summed E-state index contributed by atoms with van der Waals surface area (Å²) in [6.45, 7) is 3.03. The van der Waals surface area contributed by atoms with Crippen LogP contribution in [-0.2, 0) is 16.0 Å². The number of benzene rings is 1. The number of hydrogen-bond donors (Lipinski definition) is 3. The third-order valence-corrected chi connectivity index (χ3v) is 2.55. The number of aliphatic hydroxyl groups is 1. The molecule has 0 unspecified atom stereocenters. The van der Waals surface area contributed by atoms with Gasteiger partial charge in [0, 0.05) is 6.42 Å². The van der Waals surface area contributed by atoms with Crippen LogP contribution in [0.5, 0.6) is 0 Å². The Kier molecular flexibility index (Phi) is 7.42. The maximum Gasteiger partial charge on any atom is 0.285 e.